The predicted molar refractivity (Wildman–Crippen MR) is 79.5 cm³/mol. The van der Waals surface area contributed by atoms with Gasteiger partial charge in [-0.05, 0) is 30.0 Å². The van der Waals surface area contributed by atoms with Gasteiger partial charge in [0.15, 0.2) is 5.78 Å². The number of nitrogens with zero attached hydrogens (tertiary/aromatic N) is 1. The number of thiophene rings is 1. The quantitative estimate of drug-likeness (QED) is 0.590. The molecule has 0 aliphatic carbocycles. The van der Waals surface area contributed by atoms with Crippen molar-refractivity contribution in [1.29, 1.82) is 5.26 Å². The molecule has 102 valence electrons. The number of nitriles is 1. The molecule has 0 saturated carbocycles. The van der Waals surface area contributed by atoms with Crippen molar-refractivity contribution in [2.24, 2.45) is 0 Å². The Hall–Kier alpha value is -1.83. The van der Waals surface area contributed by atoms with Crippen molar-refractivity contribution in [2.75, 3.05) is 6.61 Å². The highest BCUT2D eigenvalue weighted by molar-refractivity contribution is 7.12. The molecule has 0 fully saturated rings. The molecule has 20 heavy (non-hydrogen) atoms. The largest absolute Gasteiger partial charge is 0.492 e. The van der Waals surface area contributed by atoms with E-state index in [1.54, 1.807) is 18.2 Å². The number of carbonyl (C=O) groups excluding carboxylic acids is 1. The topological polar surface area (TPSA) is 50.1 Å². The Morgan fingerprint density at radius 3 is 2.90 bits per heavy atom. The summed E-state index contributed by atoms with van der Waals surface area (Å²) in [6.45, 7) is 0.381. The number of hydrogen-bond acceptors (Lipinski definition) is 4. The molecule has 0 aliphatic heterocycles. The van der Waals surface area contributed by atoms with Crippen molar-refractivity contribution < 1.29 is 9.53 Å². The van der Waals surface area contributed by atoms with Gasteiger partial charge in [0, 0.05) is 6.42 Å². The van der Waals surface area contributed by atoms with Gasteiger partial charge in [-0.15, -0.1) is 11.3 Å². The van der Waals surface area contributed by atoms with Crippen LogP contribution in [-0.2, 0) is 0 Å². The van der Waals surface area contributed by atoms with Gasteiger partial charge in [0.1, 0.15) is 17.4 Å². The monoisotopic (exact) mass is 305 g/mol. The fourth-order valence-electron chi connectivity index (χ4n) is 1.71. The minimum absolute atomic E-state index is 0.121. The number of ketones is 1. The number of ether oxygens (including phenoxy) is 1. The number of carbonyl (C=O) groups is 1. The molecular weight excluding hydrogens is 294 g/mol. The van der Waals surface area contributed by atoms with E-state index in [2.05, 4.69) is 0 Å². The van der Waals surface area contributed by atoms with E-state index in [0.717, 1.165) is 4.88 Å². The molecule has 0 aliphatic rings. The summed E-state index contributed by atoms with van der Waals surface area (Å²) in [5.74, 6) is 0.582. The third kappa shape index (κ3) is 3.60. The Labute approximate surface area is 126 Å². The van der Waals surface area contributed by atoms with Gasteiger partial charge in [-0.1, -0.05) is 23.7 Å². The lowest BCUT2D eigenvalue weighted by molar-refractivity contribution is 0.0977. The van der Waals surface area contributed by atoms with Crippen molar-refractivity contribution in [3.05, 3.63) is 51.2 Å². The highest BCUT2D eigenvalue weighted by Gasteiger charge is 2.09. The maximum atomic E-state index is 11.8. The number of benzene rings is 1. The van der Waals surface area contributed by atoms with E-state index in [1.165, 1.54) is 11.3 Å². The summed E-state index contributed by atoms with van der Waals surface area (Å²) in [6.07, 6.45) is 1.04. The average molecular weight is 306 g/mol. The molecule has 0 spiro atoms. The van der Waals surface area contributed by atoms with Gasteiger partial charge in [-0.25, -0.2) is 0 Å². The molecule has 0 N–H and O–H groups in total. The fraction of sp³-hybridized carbons (Fsp3) is 0.200. The summed E-state index contributed by atoms with van der Waals surface area (Å²) in [4.78, 5) is 12.5. The number of halogens is 1. The molecule has 2 rings (SSSR count). The molecule has 1 heterocycles. The van der Waals surface area contributed by atoms with E-state index >= 15 is 0 Å². The zero-order chi connectivity index (χ0) is 14.4. The molecule has 0 atom stereocenters. The van der Waals surface area contributed by atoms with Crippen molar-refractivity contribution in [2.45, 2.75) is 12.8 Å². The molecule has 1 aromatic heterocycles. The predicted octanol–water partition coefficient (Wildman–Crippen LogP) is 4.32. The van der Waals surface area contributed by atoms with Gasteiger partial charge >= 0.3 is 0 Å². The third-order valence-corrected chi connectivity index (χ3v) is 3.91. The molecule has 1 aromatic carbocycles. The standard InChI is InChI=1S/C15H12ClNO2S/c16-12-4-1-6-14(11(12)10-17)19-8-2-5-13(18)15-7-3-9-20-15/h1,3-4,6-7,9H,2,5,8H2. The second kappa shape index (κ2) is 7.09. The SMILES string of the molecule is N#Cc1c(Cl)cccc1OCCCC(=O)c1cccs1. The van der Waals surface area contributed by atoms with Gasteiger partial charge in [0.25, 0.3) is 0 Å². The highest BCUT2D eigenvalue weighted by Crippen LogP contribution is 2.25. The maximum Gasteiger partial charge on any atom is 0.172 e. The van der Waals surface area contributed by atoms with E-state index in [9.17, 15) is 4.79 Å². The van der Waals surface area contributed by atoms with Gasteiger partial charge in [0.2, 0.25) is 0 Å². The molecule has 2 aromatic rings. The second-order valence-electron chi connectivity index (χ2n) is 4.08. The summed E-state index contributed by atoms with van der Waals surface area (Å²) in [7, 11) is 0. The van der Waals surface area contributed by atoms with Crippen molar-refractivity contribution in [3.63, 3.8) is 0 Å². The lowest BCUT2D eigenvalue weighted by Crippen LogP contribution is -2.03. The highest BCUT2D eigenvalue weighted by atomic mass is 35.5. The Kier molecular flexibility index (Phi) is 5.16. The average Bonchev–Trinajstić information content (AvgIpc) is 2.97. The lowest BCUT2D eigenvalue weighted by atomic mass is 10.2. The van der Waals surface area contributed by atoms with Crippen LogP contribution in [0.15, 0.2) is 35.7 Å². The number of rotatable bonds is 6. The first-order valence-electron chi connectivity index (χ1n) is 6.10. The molecule has 0 unspecified atom stereocenters. The van der Waals surface area contributed by atoms with Crippen LogP contribution in [0.1, 0.15) is 28.1 Å². The molecule has 0 bridgehead atoms. The van der Waals surface area contributed by atoms with Gasteiger partial charge in [-0.2, -0.15) is 5.26 Å². The third-order valence-electron chi connectivity index (χ3n) is 2.69. The van der Waals surface area contributed by atoms with E-state index in [-0.39, 0.29) is 5.78 Å². The Bertz CT molecular complexity index is 632. The molecular formula is C15H12ClNO2S. The molecule has 0 saturated heterocycles. The van der Waals surface area contributed by atoms with E-state index in [4.69, 9.17) is 21.6 Å². The zero-order valence-corrected chi connectivity index (χ0v) is 12.2. The summed E-state index contributed by atoms with van der Waals surface area (Å²) in [5, 5.41) is 11.3. The van der Waals surface area contributed by atoms with Crippen LogP contribution in [0.5, 0.6) is 5.75 Å². The van der Waals surface area contributed by atoms with Crippen LogP contribution < -0.4 is 4.74 Å². The normalized spacial score (nSPS) is 10.0. The van der Waals surface area contributed by atoms with Crippen LogP contribution >= 0.6 is 22.9 Å². The maximum absolute atomic E-state index is 11.8. The molecule has 5 heteroatoms. The number of Topliss-reactive ketones (excluding diaryl/α,β-unsaturated/α-hetero) is 1. The van der Waals surface area contributed by atoms with Crippen molar-refractivity contribution in [3.8, 4) is 11.8 Å². The van der Waals surface area contributed by atoms with Crippen LogP contribution in [0.25, 0.3) is 0 Å². The van der Waals surface area contributed by atoms with Crippen LogP contribution in [-0.4, -0.2) is 12.4 Å². The Morgan fingerprint density at radius 1 is 1.35 bits per heavy atom. The minimum Gasteiger partial charge on any atom is -0.492 e. The molecule has 0 radical (unpaired) electrons. The van der Waals surface area contributed by atoms with Crippen molar-refractivity contribution >= 4 is 28.7 Å². The smallest absolute Gasteiger partial charge is 0.172 e. The van der Waals surface area contributed by atoms with Gasteiger partial charge in [0.05, 0.1) is 16.5 Å². The summed E-state index contributed by atoms with van der Waals surface area (Å²) >= 11 is 7.35. The summed E-state index contributed by atoms with van der Waals surface area (Å²) < 4.78 is 5.52. The Balaban J connectivity index is 1.84. The lowest BCUT2D eigenvalue weighted by Gasteiger charge is -2.08. The number of hydrogen-bond donors (Lipinski definition) is 0. The van der Waals surface area contributed by atoms with Crippen molar-refractivity contribution in [1.82, 2.24) is 0 Å². The Morgan fingerprint density at radius 2 is 2.20 bits per heavy atom. The summed E-state index contributed by atoms with van der Waals surface area (Å²) in [6, 6.07) is 10.8. The van der Waals surface area contributed by atoms with Crippen LogP contribution in [0.4, 0.5) is 0 Å². The van der Waals surface area contributed by atoms with Crippen LogP contribution in [0.3, 0.4) is 0 Å². The van der Waals surface area contributed by atoms with Gasteiger partial charge in [-0.3, -0.25) is 4.79 Å². The summed E-state index contributed by atoms with van der Waals surface area (Å²) in [5.41, 5.74) is 0.332. The van der Waals surface area contributed by atoms with E-state index in [0.29, 0.717) is 35.8 Å². The molecule has 0 amide bonds. The first kappa shape index (κ1) is 14.6. The fourth-order valence-corrected chi connectivity index (χ4v) is 2.61. The van der Waals surface area contributed by atoms with E-state index < -0.39 is 0 Å². The second-order valence-corrected chi connectivity index (χ2v) is 5.43. The van der Waals surface area contributed by atoms with Crippen LogP contribution in [0, 0.1) is 11.3 Å². The molecule has 3 nitrogen and oxygen atoms in total. The first-order valence-corrected chi connectivity index (χ1v) is 7.36. The minimum atomic E-state index is 0.121. The van der Waals surface area contributed by atoms with Gasteiger partial charge < -0.3 is 4.74 Å². The zero-order valence-electron chi connectivity index (χ0n) is 10.6. The first-order chi connectivity index (χ1) is 9.72. The van der Waals surface area contributed by atoms with Crippen LogP contribution in [0.2, 0.25) is 5.02 Å². The van der Waals surface area contributed by atoms with E-state index in [1.807, 2.05) is 23.6 Å².